The van der Waals surface area contributed by atoms with Crippen molar-refractivity contribution in [1.82, 2.24) is 5.32 Å². The van der Waals surface area contributed by atoms with Crippen LogP contribution >= 0.6 is 38.9 Å². The molecule has 7 heteroatoms. The molecule has 0 aliphatic heterocycles. The Balaban J connectivity index is 2.41. The van der Waals surface area contributed by atoms with Crippen molar-refractivity contribution in [3.63, 3.8) is 0 Å². The van der Waals surface area contributed by atoms with Gasteiger partial charge in [0.1, 0.15) is 10.1 Å². The Bertz CT molecular complexity index is 574. The molecule has 2 nitrogen and oxygen atoms in total. The summed E-state index contributed by atoms with van der Waals surface area (Å²) in [4.78, 5) is 0.912. The van der Waals surface area contributed by atoms with E-state index < -0.39 is 6.61 Å². The number of alkyl halides is 2. The molecule has 20 heavy (non-hydrogen) atoms. The summed E-state index contributed by atoms with van der Waals surface area (Å²) in [5, 5.41) is 3.09. The van der Waals surface area contributed by atoms with E-state index in [1.54, 1.807) is 25.2 Å². The van der Waals surface area contributed by atoms with Gasteiger partial charge in [0.25, 0.3) is 0 Å². The topological polar surface area (TPSA) is 21.3 Å². The van der Waals surface area contributed by atoms with Crippen molar-refractivity contribution in [2.75, 3.05) is 7.05 Å². The van der Waals surface area contributed by atoms with Crippen molar-refractivity contribution in [2.24, 2.45) is 0 Å². The molecule has 2 aromatic rings. The van der Waals surface area contributed by atoms with Gasteiger partial charge in [0.15, 0.2) is 0 Å². The Labute approximate surface area is 132 Å². The number of ether oxygens (including phenoxy) is 1. The summed E-state index contributed by atoms with van der Waals surface area (Å²) in [6.45, 7) is -2.85. The SMILES string of the molecule is CNC(c1cc(Br)c(Cl)s1)c1ccccc1OC(F)F. The highest BCUT2D eigenvalue weighted by atomic mass is 79.9. The van der Waals surface area contributed by atoms with Gasteiger partial charge >= 0.3 is 6.61 Å². The maximum atomic E-state index is 12.5. The molecule has 0 amide bonds. The largest absolute Gasteiger partial charge is 0.434 e. The smallest absolute Gasteiger partial charge is 0.387 e. The Morgan fingerprint density at radius 3 is 2.60 bits per heavy atom. The number of halogens is 4. The van der Waals surface area contributed by atoms with Gasteiger partial charge in [-0.25, -0.2) is 0 Å². The van der Waals surface area contributed by atoms with Gasteiger partial charge in [-0.1, -0.05) is 29.8 Å². The molecule has 2 rings (SSSR count). The second kappa shape index (κ2) is 6.85. The third kappa shape index (κ3) is 3.49. The van der Waals surface area contributed by atoms with Gasteiger partial charge in [-0.2, -0.15) is 8.78 Å². The van der Waals surface area contributed by atoms with Gasteiger partial charge in [-0.05, 0) is 35.1 Å². The summed E-state index contributed by atoms with van der Waals surface area (Å²) in [6.07, 6.45) is 0. The third-order valence-electron chi connectivity index (χ3n) is 2.68. The molecule has 0 spiro atoms. The molecule has 0 saturated carbocycles. The molecule has 0 aliphatic carbocycles. The van der Waals surface area contributed by atoms with Gasteiger partial charge in [-0.3, -0.25) is 0 Å². The maximum absolute atomic E-state index is 12.5. The highest BCUT2D eigenvalue weighted by molar-refractivity contribution is 9.10. The van der Waals surface area contributed by atoms with Crippen LogP contribution in [0.1, 0.15) is 16.5 Å². The fourth-order valence-electron chi connectivity index (χ4n) is 1.88. The quantitative estimate of drug-likeness (QED) is 0.779. The summed E-state index contributed by atoms with van der Waals surface area (Å²) in [6, 6.07) is 8.32. The van der Waals surface area contributed by atoms with E-state index >= 15 is 0 Å². The number of thiophene rings is 1. The van der Waals surface area contributed by atoms with Gasteiger partial charge in [0.2, 0.25) is 0 Å². The van der Waals surface area contributed by atoms with E-state index in [2.05, 4.69) is 26.0 Å². The molecule has 1 unspecified atom stereocenters. The minimum absolute atomic E-state index is 0.155. The number of para-hydroxylation sites is 1. The van der Waals surface area contributed by atoms with Gasteiger partial charge < -0.3 is 10.1 Å². The molecule has 1 aromatic carbocycles. The summed E-state index contributed by atoms with van der Waals surface area (Å²) in [5.74, 6) is 0.155. The van der Waals surface area contributed by atoms with Crippen molar-refractivity contribution in [2.45, 2.75) is 12.7 Å². The van der Waals surface area contributed by atoms with Gasteiger partial charge in [0.05, 0.1) is 6.04 Å². The molecule has 0 bridgehead atoms. The number of benzene rings is 1. The predicted octanol–water partition coefficient (Wildman–Crippen LogP) is 5.07. The molecule has 0 saturated heterocycles. The molecular formula is C13H11BrClF2NOS. The number of rotatable bonds is 5. The van der Waals surface area contributed by atoms with Crippen LogP contribution in [0, 0.1) is 0 Å². The minimum atomic E-state index is -2.85. The fraction of sp³-hybridized carbons (Fsp3) is 0.231. The number of hydrogen-bond donors (Lipinski definition) is 1. The Morgan fingerprint density at radius 2 is 2.05 bits per heavy atom. The van der Waals surface area contributed by atoms with Crippen LogP contribution in [-0.2, 0) is 0 Å². The second-order valence-electron chi connectivity index (χ2n) is 3.91. The lowest BCUT2D eigenvalue weighted by Gasteiger charge is -2.18. The van der Waals surface area contributed by atoms with E-state index in [0.717, 1.165) is 9.35 Å². The van der Waals surface area contributed by atoms with Crippen molar-refractivity contribution in [1.29, 1.82) is 0 Å². The molecular weight excluding hydrogens is 372 g/mol. The maximum Gasteiger partial charge on any atom is 0.387 e. The van der Waals surface area contributed by atoms with E-state index in [1.165, 1.54) is 17.4 Å². The van der Waals surface area contributed by atoms with E-state index in [-0.39, 0.29) is 11.8 Å². The van der Waals surface area contributed by atoms with E-state index in [0.29, 0.717) is 9.90 Å². The van der Waals surface area contributed by atoms with Gasteiger partial charge in [0, 0.05) is 14.9 Å². The molecule has 0 aliphatic rings. The second-order valence-corrected chi connectivity index (χ2v) is 6.45. The zero-order valence-corrected chi connectivity index (χ0v) is 13.5. The highest BCUT2D eigenvalue weighted by Gasteiger charge is 2.21. The van der Waals surface area contributed by atoms with Crippen LogP contribution in [0.25, 0.3) is 0 Å². The summed E-state index contributed by atoms with van der Waals surface area (Å²) in [5.41, 5.74) is 0.640. The summed E-state index contributed by atoms with van der Waals surface area (Å²) < 4.78 is 30.9. The Hall–Kier alpha value is -0.690. The monoisotopic (exact) mass is 381 g/mol. The minimum Gasteiger partial charge on any atom is -0.434 e. The van der Waals surface area contributed by atoms with Crippen LogP contribution in [0.4, 0.5) is 8.78 Å². The van der Waals surface area contributed by atoms with Crippen LogP contribution in [0.15, 0.2) is 34.8 Å². The first-order chi connectivity index (χ1) is 9.52. The number of nitrogens with one attached hydrogen (secondary N) is 1. The third-order valence-corrected chi connectivity index (χ3v) is 5.22. The molecule has 1 N–H and O–H groups in total. The lowest BCUT2D eigenvalue weighted by atomic mass is 10.0. The van der Waals surface area contributed by atoms with Gasteiger partial charge in [-0.15, -0.1) is 11.3 Å². The fourth-order valence-corrected chi connectivity index (χ4v) is 3.74. The zero-order valence-electron chi connectivity index (χ0n) is 10.4. The Kier molecular flexibility index (Phi) is 5.37. The van der Waals surface area contributed by atoms with Crippen LogP contribution in [0.2, 0.25) is 4.34 Å². The van der Waals surface area contributed by atoms with E-state index in [1.807, 2.05) is 6.07 Å². The predicted molar refractivity (Wildman–Crippen MR) is 81.0 cm³/mol. The average Bonchev–Trinajstić information content (AvgIpc) is 2.72. The van der Waals surface area contributed by atoms with Crippen molar-refractivity contribution in [3.05, 3.63) is 49.6 Å². The van der Waals surface area contributed by atoms with Crippen molar-refractivity contribution < 1.29 is 13.5 Å². The van der Waals surface area contributed by atoms with Crippen molar-refractivity contribution >= 4 is 38.9 Å². The van der Waals surface area contributed by atoms with Crippen LogP contribution < -0.4 is 10.1 Å². The van der Waals surface area contributed by atoms with Crippen LogP contribution in [0.3, 0.4) is 0 Å². The zero-order chi connectivity index (χ0) is 14.7. The lowest BCUT2D eigenvalue weighted by Crippen LogP contribution is -2.18. The molecule has 1 aromatic heterocycles. The first kappa shape index (κ1) is 15.7. The first-order valence-corrected chi connectivity index (χ1v) is 7.67. The summed E-state index contributed by atoms with van der Waals surface area (Å²) >= 11 is 10.8. The first-order valence-electron chi connectivity index (χ1n) is 5.68. The van der Waals surface area contributed by atoms with E-state index in [9.17, 15) is 8.78 Å². The average molecular weight is 383 g/mol. The molecule has 1 heterocycles. The Morgan fingerprint density at radius 1 is 1.35 bits per heavy atom. The highest BCUT2D eigenvalue weighted by Crippen LogP contribution is 2.39. The van der Waals surface area contributed by atoms with Crippen LogP contribution in [0.5, 0.6) is 5.75 Å². The number of hydrogen-bond acceptors (Lipinski definition) is 3. The lowest BCUT2D eigenvalue weighted by molar-refractivity contribution is -0.0506. The normalized spacial score (nSPS) is 12.7. The molecule has 0 fully saturated rings. The molecule has 108 valence electrons. The molecule has 0 radical (unpaired) electrons. The van der Waals surface area contributed by atoms with Crippen molar-refractivity contribution in [3.8, 4) is 5.75 Å². The molecule has 1 atom stereocenters. The summed E-state index contributed by atoms with van der Waals surface area (Å²) in [7, 11) is 1.76. The van der Waals surface area contributed by atoms with E-state index in [4.69, 9.17) is 11.6 Å². The standard InChI is InChI=1S/C13H11BrClF2NOS/c1-18-11(10-6-8(14)12(15)20-10)7-4-2-3-5-9(7)19-13(16)17/h2-6,11,13,18H,1H3. The van der Waals surface area contributed by atoms with Crippen LogP contribution in [-0.4, -0.2) is 13.7 Å².